The Morgan fingerprint density at radius 1 is 1.25 bits per heavy atom. The number of hydrogen-bond donors (Lipinski definition) is 2. The van der Waals surface area contributed by atoms with Crippen molar-refractivity contribution < 1.29 is 9.90 Å². The molecule has 1 aromatic carbocycles. The summed E-state index contributed by atoms with van der Waals surface area (Å²) in [6, 6.07) is 7.62. The third kappa shape index (κ3) is 1.82. The molecular weight excluding hydrogens is 204 g/mol. The molecule has 0 saturated carbocycles. The summed E-state index contributed by atoms with van der Waals surface area (Å²) in [6.07, 6.45) is 0. The average molecular weight is 216 g/mol. The quantitative estimate of drug-likeness (QED) is 0.810. The van der Waals surface area contributed by atoms with Gasteiger partial charge in [-0.1, -0.05) is 29.8 Å². The highest BCUT2D eigenvalue weighted by Gasteiger charge is 2.15. The third-order valence-electron chi connectivity index (χ3n) is 2.36. The van der Waals surface area contributed by atoms with Gasteiger partial charge in [-0.15, -0.1) is 0 Å². The normalized spacial score (nSPS) is 10.4. The molecule has 2 aromatic rings. The van der Waals surface area contributed by atoms with Crippen LogP contribution in [0.1, 0.15) is 21.9 Å². The third-order valence-corrected chi connectivity index (χ3v) is 2.36. The number of imidazole rings is 1. The van der Waals surface area contributed by atoms with Gasteiger partial charge in [0.25, 0.3) is 0 Å². The van der Waals surface area contributed by atoms with Gasteiger partial charge >= 0.3 is 5.97 Å². The lowest BCUT2D eigenvalue weighted by Gasteiger charge is -1.99. The Labute approximate surface area is 93.0 Å². The van der Waals surface area contributed by atoms with E-state index in [-0.39, 0.29) is 5.69 Å². The number of nitrogens with one attached hydrogen (secondary N) is 1. The molecule has 1 aromatic heterocycles. The van der Waals surface area contributed by atoms with Gasteiger partial charge in [0.05, 0.1) is 0 Å². The number of aromatic amines is 1. The van der Waals surface area contributed by atoms with E-state index in [0.717, 1.165) is 11.1 Å². The lowest BCUT2D eigenvalue weighted by atomic mass is 10.1. The van der Waals surface area contributed by atoms with Crippen molar-refractivity contribution in [1.29, 1.82) is 0 Å². The molecule has 0 saturated heterocycles. The Balaban J connectivity index is 2.55. The number of carboxylic acid groups (broad SMARTS) is 1. The maximum absolute atomic E-state index is 11.0. The number of H-pyrrole nitrogens is 1. The summed E-state index contributed by atoms with van der Waals surface area (Å²) in [5.41, 5.74) is 2.58. The Kier molecular flexibility index (Phi) is 2.48. The van der Waals surface area contributed by atoms with Crippen molar-refractivity contribution in [3.8, 4) is 11.3 Å². The first-order valence-electron chi connectivity index (χ1n) is 4.95. The summed E-state index contributed by atoms with van der Waals surface area (Å²) in [5, 5.41) is 9.02. The summed E-state index contributed by atoms with van der Waals surface area (Å²) in [7, 11) is 0. The van der Waals surface area contributed by atoms with Crippen LogP contribution in [0.3, 0.4) is 0 Å². The van der Waals surface area contributed by atoms with Crippen molar-refractivity contribution in [2.24, 2.45) is 0 Å². The minimum atomic E-state index is -0.990. The lowest BCUT2D eigenvalue weighted by Crippen LogP contribution is -1.99. The van der Waals surface area contributed by atoms with E-state index in [4.69, 9.17) is 5.11 Å². The zero-order valence-corrected chi connectivity index (χ0v) is 9.11. The summed E-state index contributed by atoms with van der Waals surface area (Å²) in [4.78, 5) is 17.9. The van der Waals surface area contributed by atoms with E-state index in [1.54, 1.807) is 6.92 Å². The van der Waals surface area contributed by atoms with Crippen LogP contribution in [-0.2, 0) is 0 Å². The van der Waals surface area contributed by atoms with Gasteiger partial charge in [0.2, 0.25) is 0 Å². The summed E-state index contributed by atoms with van der Waals surface area (Å²) >= 11 is 0. The van der Waals surface area contributed by atoms with Crippen LogP contribution in [0.4, 0.5) is 0 Å². The van der Waals surface area contributed by atoms with Gasteiger partial charge in [0, 0.05) is 5.56 Å². The second kappa shape index (κ2) is 3.81. The van der Waals surface area contributed by atoms with Crippen LogP contribution >= 0.6 is 0 Å². The fraction of sp³-hybridized carbons (Fsp3) is 0.167. The van der Waals surface area contributed by atoms with E-state index in [2.05, 4.69) is 9.97 Å². The first-order chi connectivity index (χ1) is 7.58. The Morgan fingerprint density at radius 3 is 2.44 bits per heavy atom. The van der Waals surface area contributed by atoms with Crippen LogP contribution in [0.2, 0.25) is 0 Å². The van der Waals surface area contributed by atoms with Gasteiger partial charge in [0.15, 0.2) is 5.69 Å². The number of aromatic carboxylic acids is 1. The molecule has 82 valence electrons. The van der Waals surface area contributed by atoms with Crippen molar-refractivity contribution >= 4 is 5.97 Å². The van der Waals surface area contributed by atoms with Gasteiger partial charge < -0.3 is 10.1 Å². The first kappa shape index (κ1) is 10.4. The van der Waals surface area contributed by atoms with E-state index < -0.39 is 5.97 Å². The molecule has 2 rings (SSSR count). The molecule has 0 fully saturated rings. The van der Waals surface area contributed by atoms with E-state index >= 15 is 0 Å². The predicted molar refractivity (Wildman–Crippen MR) is 60.5 cm³/mol. The van der Waals surface area contributed by atoms with Gasteiger partial charge in [-0.3, -0.25) is 0 Å². The molecule has 2 N–H and O–H groups in total. The molecule has 0 aliphatic carbocycles. The number of carbonyl (C=O) groups is 1. The van der Waals surface area contributed by atoms with Crippen molar-refractivity contribution in [3.63, 3.8) is 0 Å². The number of aromatic nitrogens is 2. The fourth-order valence-corrected chi connectivity index (χ4v) is 1.57. The van der Waals surface area contributed by atoms with Crippen LogP contribution in [0.25, 0.3) is 11.3 Å². The molecular formula is C12H12N2O2. The molecule has 0 radical (unpaired) electrons. The molecule has 0 atom stereocenters. The minimum absolute atomic E-state index is 0.140. The van der Waals surface area contributed by atoms with Crippen molar-refractivity contribution in [1.82, 2.24) is 9.97 Å². The topological polar surface area (TPSA) is 66.0 Å². The van der Waals surface area contributed by atoms with E-state index in [0.29, 0.717) is 11.5 Å². The van der Waals surface area contributed by atoms with E-state index in [1.165, 1.54) is 0 Å². The average Bonchev–Trinajstić information content (AvgIpc) is 2.61. The molecule has 1 heterocycles. The Bertz CT molecular complexity index is 526. The zero-order valence-electron chi connectivity index (χ0n) is 9.11. The molecule has 16 heavy (non-hydrogen) atoms. The van der Waals surface area contributed by atoms with E-state index in [9.17, 15) is 4.79 Å². The second-order valence-electron chi connectivity index (χ2n) is 3.72. The summed E-state index contributed by atoms with van der Waals surface area (Å²) in [6.45, 7) is 3.72. The van der Waals surface area contributed by atoms with Crippen LogP contribution in [0.5, 0.6) is 0 Å². The molecule has 0 aliphatic heterocycles. The van der Waals surface area contributed by atoms with Gasteiger partial charge in [-0.05, 0) is 13.8 Å². The maximum atomic E-state index is 11.0. The highest BCUT2D eigenvalue weighted by atomic mass is 16.4. The highest BCUT2D eigenvalue weighted by molar-refractivity contribution is 5.92. The Hall–Kier alpha value is -2.10. The van der Waals surface area contributed by atoms with Crippen molar-refractivity contribution in [3.05, 3.63) is 41.3 Å². The van der Waals surface area contributed by atoms with Gasteiger partial charge in [0.1, 0.15) is 11.5 Å². The lowest BCUT2D eigenvalue weighted by molar-refractivity contribution is 0.0692. The van der Waals surface area contributed by atoms with Gasteiger partial charge in [-0.25, -0.2) is 9.78 Å². The summed E-state index contributed by atoms with van der Waals surface area (Å²) < 4.78 is 0. The number of rotatable bonds is 2. The molecule has 0 bridgehead atoms. The standard InChI is InChI=1S/C12H12N2O2/c1-7-3-5-9(6-4-7)10-11(12(15)16)14-8(2)13-10/h3-6H,1-2H3,(H,13,14)(H,15,16). The number of nitrogens with zero attached hydrogens (tertiary/aromatic N) is 1. The summed E-state index contributed by atoms with van der Waals surface area (Å²) in [5.74, 6) is -0.385. The smallest absolute Gasteiger partial charge is 0.354 e. The van der Waals surface area contributed by atoms with Crippen LogP contribution in [0.15, 0.2) is 24.3 Å². The highest BCUT2D eigenvalue weighted by Crippen LogP contribution is 2.21. The molecule has 0 aliphatic rings. The second-order valence-corrected chi connectivity index (χ2v) is 3.72. The number of carboxylic acids is 1. The number of aryl methyl sites for hydroxylation is 2. The van der Waals surface area contributed by atoms with Crippen molar-refractivity contribution in [2.45, 2.75) is 13.8 Å². The number of hydrogen-bond acceptors (Lipinski definition) is 2. The molecule has 4 heteroatoms. The molecule has 0 spiro atoms. The molecule has 0 unspecified atom stereocenters. The Morgan fingerprint density at radius 2 is 1.88 bits per heavy atom. The van der Waals surface area contributed by atoms with Crippen LogP contribution < -0.4 is 0 Å². The fourth-order valence-electron chi connectivity index (χ4n) is 1.57. The first-order valence-corrected chi connectivity index (χ1v) is 4.95. The predicted octanol–water partition coefficient (Wildman–Crippen LogP) is 2.39. The monoisotopic (exact) mass is 216 g/mol. The van der Waals surface area contributed by atoms with Crippen molar-refractivity contribution in [2.75, 3.05) is 0 Å². The molecule has 0 amide bonds. The minimum Gasteiger partial charge on any atom is -0.477 e. The van der Waals surface area contributed by atoms with Crippen LogP contribution in [-0.4, -0.2) is 21.0 Å². The van der Waals surface area contributed by atoms with E-state index in [1.807, 2.05) is 31.2 Å². The maximum Gasteiger partial charge on any atom is 0.354 e. The SMILES string of the molecule is Cc1ccc(-c2nc(C)[nH]c2C(=O)O)cc1. The molecule has 4 nitrogen and oxygen atoms in total. The zero-order chi connectivity index (χ0) is 11.7. The van der Waals surface area contributed by atoms with Crippen LogP contribution in [0, 0.1) is 13.8 Å². The number of benzene rings is 1. The largest absolute Gasteiger partial charge is 0.477 e. The van der Waals surface area contributed by atoms with Gasteiger partial charge in [-0.2, -0.15) is 0 Å².